The molecule has 1 aliphatic rings. The number of anilines is 1. The lowest BCUT2D eigenvalue weighted by atomic mass is 10.1. The third-order valence-corrected chi connectivity index (χ3v) is 4.94. The molecule has 0 saturated carbocycles. The number of nitrogens with one attached hydrogen (secondary N) is 1. The fourth-order valence-corrected chi connectivity index (χ4v) is 3.10. The number of thioether (sulfide) groups is 1. The molecule has 2 rings (SSSR count). The second-order valence-electron chi connectivity index (χ2n) is 4.48. The van der Waals surface area contributed by atoms with Gasteiger partial charge in [0.25, 0.3) is 11.8 Å². The number of rotatable bonds is 3. The van der Waals surface area contributed by atoms with Crippen LogP contribution in [0.25, 0.3) is 0 Å². The molecule has 0 spiro atoms. The fourth-order valence-electron chi connectivity index (χ4n) is 1.98. The summed E-state index contributed by atoms with van der Waals surface area (Å²) in [6.45, 7) is 1.39. The molecule has 0 atom stereocenters. The molecule has 1 aliphatic heterocycles. The summed E-state index contributed by atoms with van der Waals surface area (Å²) < 4.78 is -0.323. The van der Waals surface area contributed by atoms with Crippen molar-refractivity contribution >= 4 is 64.1 Å². The van der Waals surface area contributed by atoms with Crippen molar-refractivity contribution in [2.45, 2.75) is 0 Å². The molecule has 2 amide bonds. The molecule has 0 aliphatic carbocycles. The quantitative estimate of drug-likeness (QED) is 0.815. The Morgan fingerprint density at radius 3 is 2.36 bits per heavy atom. The third kappa shape index (κ3) is 4.32. The number of nitrogens with zero attached hydrogens (tertiary/aromatic N) is 1. The SMILES string of the molecule is O=C(Nc1ccccc1C(=O)N1CCSCC1)C(Cl)=C(Cl)Cl. The van der Waals surface area contributed by atoms with Gasteiger partial charge in [-0.25, -0.2) is 0 Å². The molecular formula is C14H13Cl3N2O2S. The highest BCUT2D eigenvalue weighted by molar-refractivity contribution is 7.99. The van der Waals surface area contributed by atoms with Gasteiger partial charge in [-0.2, -0.15) is 11.8 Å². The maximum atomic E-state index is 12.6. The molecule has 0 radical (unpaired) electrons. The first-order valence-corrected chi connectivity index (χ1v) is 8.77. The fraction of sp³-hybridized carbons (Fsp3) is 0.286. The third-order valence-electron chi connectivity index (χ3n) is 3.07. The van der Waals surface area contributed by atoms with Gasteiger partial charge in [-0.05, 0) is 12.1 Å². The smallest absolute Gasteiger partial charge is 0.269 e. The second kappa shape index (κ2) is 8.11. The maximum absolute atomic E-state index is 12.6. The zero-order valence-electron chi connectivity index (χ0n) is 11.4. The zero-order valence-corrected chi connectivity index (χ0v) is 14.5. The number of carbonyl (C=O) groups excluding carboxylic acids is 2. The van der Waals surface area contributed by atoms with Crippen molar-refractivity contribution < 1.29 is 9.59 Å². The minimum absolute atomic E-state index is 0.117. The average Bonchev–Trinajstić information content (AvgIpc) is 2.54. The minimum Gasteiger partial charge on any atom is -0.337 e. The van der Waals surface area contributed by atoms with E-state index < -0.39 is 5.91 Å². The molecule has 1 heterocycles. The Kier molecular flexibility index (Phi) is 6.44. The highest BCUT2D eigenvalue weighted by Gasteiger charge is 2.22. The van der Waals surface area contributed by atoms with E-state index in [1.165, 1.54) is 0 Å². The van der Waals surface area contributed by atoms with Gasteiger partial charge >= 0.3 is 0 Å². The number of hydrogen-bond acceptors (Lipinski definition) is 3. The van der Waals surface area contributed by atoms with Crippen molar-refractivity contribution in [3.63, 3.8) is 0 Å². The molecule has 1 aromatic carbocycles. The number of amides is 2. The van der Waals surface area contributed by atoms with Crippen LogP contribution < -0.4 is 5.32 Å². The molecule has 22 heavy (non-hydrogen) atoms. The van der Waals surface area contributed by atoms with Gasteiger partial charge in [0.2, 0.25) is 0 Å². The van der Waals surface area contributed by atoms with E-state index in [0.717, 1.165) is 11.5 Å². The number of carbonyl (C=O) groups is 2. The number of benzene rings is 1. The van der Waals surface area contributed by atoms with Crippen LogP contribution in [0.4, 0.5) is 5.69 Å². The number of hydrogen-bond donors (Lipinski definition) is 1. The van der Waals surface area contributed by atoms with Gasteiger partial charge in [0.1, 0.15) is 9.52 Å². The van der Waals surface area contributed by atoms with Crippen LogP contribution in [-0.2, 0) is 4.79 Å². The van der Waals surface area contributed by atoms with Gasteiger partial charge in [0, 0.05) is 24.6 Å². The van der Waals surface area contributed by atoms with Crippen molar-refractivity contribution in [1.29, 1.82) is 0 Å². The highest BCUT2D eigenvalue weighted by atomic mass is 35.5. The predicted octanol–water partition coefficient (Wildman–Crippen LogP) is 3.70. The van der Waals surface area contributed by atoms with Crippen LogP contribution in [0.2, 0.25) is 0 Å². The van der Waals surface area contributed by atoms with Crippen LogP contribution in [0.15, 0.2) is 33.8 Å². The van der Waals surface area contributed by atoms with E-state index in [9.17, 15) is 9.59 Å². The highest BCUT2D eigenvalue weighted by Crippen LogP contribution is 2.23. The summed E-state index contributed by atoms with van der Waals surface area (Å²) in [5, 5.41) is 2.24. The van der Waals surface area contributed by atoms with Crippen LogP contribution in [-0.4, -0.2) is 41.3 Å². The van der Waals surface area contributed by atoms with Crippen molar-refractivity contribution in [3.05, 3.63) is 39.4 Å². The van der Waals surface area contributed by atoms with Crippen LogP contribution in [0.1, 0.15) is 10.4 Å². The first-order chi connectivity index (χ1) is 10.5. The van der Waals surface area contributed by atoms with E-state index in [1.807, 2.05) is 11.8 Å². The van der Waals surface area contributed by atoms with Gasteiger partial charge in [0.05, 0.1) is 11.3 Å². The Bertz CT molecular complexity index is 612. The van der Waals surface area contributed by atoms with E-state index >= 15 is 0 Å². The predicted molar refractivity (Wildman–Crippen MR) is 92.9 cm³/mol. The van der Waals surface area contributed by atoms with Gasteiger partial charge in [-0.3, -0.25) is 9.59 Å². The average molecular weight is 380 g/mol. The van der Waals surface area contributed by atoms with Crippen LogP contribution in [0.3, 0.4) is 0 Å². The zero-order chi connectivity index (χ0) is 16.1. The van der Waals surface area contributed by atoms with E-state index in [-0.39, 0.29) is 15.4 Å². The Morgan fingerprint density at radius 2 is 1.73 bits per heavy atom. The monoisotopic (exact) mass is 378 g/mol. The van der Waals surface area contributed by atoms with Crippen molar-refractivity contribution in [2.75, 3.05) is 29.9 Å². The first kappa shape index (κ1) is 17.5. The van der Waals surface area contributed by atoms with Gasteiger partial charge in [0.15, 0.2) is 0 Å². The molecule has 1 aromatic rings. The standard InChI is InChI=1S/C14H13Cl3N2O2S/c15-11(12(16)17)13(20)18-10-4-2-1-3-9(10)14(21)19-5-7-22-8-6-19/h1-4H,5-8H2,(H,18,20). The normalized spacial score (nSPS) is 14.4. The molecule has 1 N–H and O–H groups in total. The molecule has 118 valence electrons. The summed E-state index contributed by atoms with van der Waals surface area (Å²) in [6.07, 6.45) is 0. The topological polar surface area (TPSA) is 49.4 Å². The summed E-state index contributed by atoms with van der Waals surface area (Å²) in [5.74, 6) is 1.05. The lowest BCUT2D eigenvalue weighted by molar-refractivity contribution is -0.112. The van der Waals surface area contributed by atoms with Crippen LogP contribution >= 0.6 is 46.6 Å². The Labute approximate surface area is 147 Å². The van der Waals surface area contributed by atoms with Crippen LogP contribution in [0, 0.1) is 0 Å². The van der Waals surface area contributed by atoms with Gasteiger partial charge in [-0.1, -0.05) is 46.9 Å². The maximum Gasteiger partial charge on any atom is 0.269 e. The summed E-state index contributed by atoms with van der Waals surface area (Å²) in [5.41, 5.74) is 0.793. The van der Waals surface area contributed by atoms with Crippen molar-refractivity contribution in [3.8, 4) is 0 Å². The largest absolute Gasteiger partial charge is 0.337 e. The van der Waals surface area contributed by atoms with Crippen molar-refractivity contribution in [1.82, 2.24) is 4.90 Å². The molecule has 0 bridgehead atoms. The summed E-state index contributed by atoms with van der Waals surface area (Å²) in [7, 11) is 0. The summed E-state index contributed by atoms with van der Waals surface area (Å²) in [6, 6.07) is 6.77. The Hall–Kier alpha value is -0.880. The summed E-state index contributed by atoms with van der Waals surface area (Å²) >= 11 is 18.5. The van der Waals surface area contributed by atoms with Gasteiger partial charge < -0.3 is 10.2 Å². The minimum atomic E-state index is -0.656. The molecule has 1 fully saturated rings. The molecular weight excluding hydrogens is 367 g/mol. The number of para-hydroxylation sites is 1. The molecule has 8 heteroatoms. The van der Waals surface area contributed by atoms with Crippen LogP contribution in [0.5, 0.6) is 0 Å². The summed E-state index contributed by atoms with van der Waals surface area (Å²) in [4.78, 5) is 26.3. The first-order valence-electron chi connectivity index (χ1n) is 6.49. The second-order valence-corrected chi connectivity index (χ2v) is 7.03. The molecule has 0 aromatic heterocycles. The van der Waals surface area contributed by atoms with E-state index in [2.05, 4.69) is 5.32 Å². The van der Waals surface area contributed by atoms with E-state index in [4.69, 9.17) is 34.8 Å². The van der Waals surface area contributed by atoms with E-state index in [1.54, 1.807) is 29.2 Å². The van der Waals surface area contributed by atoms with Gasteiger partial charge in [-0.15, -0.1) is 0 Å². The Balaban J connectivity index is 2.21. The lowest BCUT2D eigenvalue weighted by Gasteiger charge is -2.27. The van der Waals surface area contributed by atoms with Crippen molar-refractivity contribution in [2.24, 2.45) is 0 Å². The molecule has 0 unspecified atom stereocenters. The number of halogens is 3. The lowest BCUT2D eigenvalue weighted by Crippen LogP contribution is -2.38. The molecule has 1 saturated heterocycles. The molecule has 4 nitrogen and oxygen atoms in total. The van der Waals surface area contributed by atoms with E-state index in [0.29, 0.717) is 24.3 Å². The Morgan fingerprint density at radius 1 is 1.09 bits per heavy atom.